The summed E-state index contributed by atoms with van der Waals surface area (Å²) in [4.78, 5) is 16.6. The van der Waals surface area contributed by atoms with Crippen LogP contribution in [0.1, 0.15) is 0 Å². The highest BCUT2D eigenvalue weighted by Crippen LogP contribution is 2.32. The lowest BCUT2D eigenvalue weighted by molar-refractivity contribution is -0.119. The van der Waals surface area contributed by atoms with Crippen LogP contribution in [0.15, 0.2) is 58.8 Å². The first-order valence-electron chi connectivity index (χ1n) is 10.0. The van der Waals surface area contributed by atoms with Gasteiger partial charge in [-0.05, 0) is 36.4 Å². The number of aromatic amines is 1. The first kappa shape index (κ1) is 25.2. The average Bonchev–Trinajstić information content (AvgIpc) is 3.38. The second-order valence-corrected chi connectivity index (χ2v) is 9.66. The van der Waals surface area contributed by atoms with E-state index in [0.717, 1.165) is 4.31 Å². The first-order chi connectivity index (χ1) is 16.4. The molecule has 0 bridgehead atoms. The predicted octanol–water partition coefficient (Wildman–Crippen LogP) is 1.93. The number of rotatable bonds is 12. The molecule has 0 aliphatic rings. The number of anilines is 1. The average molecular weight is 508 g/mol. The van der Waals surface area contributed by atoms with Crippen LogP contribution in [0.4, 0.5) is 5.69 Å². The molecule has 11 nitrogen and oxygen atoms in total. The molecule has 1 heterocycles. The number of aromatic nitrogens is 3. The maximum Gasteiger partial charge on any atom is 0.264 e. The Kier molecular flexibility index (Phi) is 8.60. The van der Waals surface area contributed by atoms with Crippen LogP contribution in [0.25, 0.3) is 0 Å². The normalized spacial score (nSPS) is 11.0. The molecule has 182 valence electrons. The van der Waals surface area contributed by atoms with E-state index in [4.69, 9.17) is 14.2 Å². The number of hydrogen-bond acceptors (Lipinski definition) is 9. The van der Waals surface area contributed by atoms with Crippen LogP contribution in [-0.4, -0.2) is 69.7 Å². The van der Waals surface area contributed by atoms with Gasteiger partial charge in [-0.3, -0.25) is 14.2 Å². The number of methoxy groups -OCH3 is 3. The highest BCUT2D eigenvalue weighted by Gasteiger charge is 2.28. The molecule has 0 fully saturated rings. The van der Waals surface area contributed by atoms with Gasteiger partial charge in [0.2, 0.25) is 5.91 Å². The molecule has 2 N–H and O–H groups in total. The Morgan fingerprint density at radius 3 is 2.41 bits per heavy atom. The third-order valence-corrected chi connectivity index (χ3v) is 7.29. The summed E-state index contributed by atoms with van der Waals surface area (Å²) in [5, 5.41) is 9.84. The highest BCUT2D eigenvalue weighted by atomic mass is 32.2. The molecule has 3 rings (SSSR count). The van der Waals surface area contributed by atoms with Gasteiger partial charge in [0.1, 0.15) is 18.6 Å². The van der Waals surface area contributed by atoms with E-state index >= 15 is 0 Å². The molecule has 0 saturated carbocycles. The van der Waals surface area contributed by atoms with Crippen LogP contribution in [0.3, 0.4) is 0 Å². The fourth-order valence-corrected chi connectivity index (χ4v) is 5.03. The Morgan fingerprint density at radius 1 is 1.06 bits per heavy atom. The Balaban J connectivity index is 1.82. The zero-order valence-corrected chi connectivity index (χ0v) is 20.5. The molecule has 0 aliphatic carbocycles. The minimum absolute atomic E-state index is 0.0466. The number of H-pyrrole nitrogens is 1. The highest BCUT2D eigenvalue weighted by molar-refractivity contribution is 7.99. The Labute approximate surface area is 201 Å². The zero-order chi connectivity index (χ0) is 24.6. The maximum absolute atomic E-state index is 13.6. The van der Waals surface area contributed by atoms with E-state index in [-0.39, 0.29) is 10.6 Å². The molecule has 0 unspecified atom stereocenters. The molecule has 34 heavy (non-hydrogen) atoms. The molecule has 0 aliphatic heterocycles. The van der Waals surface area contributed by atoms with Crippen molar-refractivity contribution in [3.8, 4) is 17.2 Å². The van der Waals surface area contributed by atoms with Gasteiger partial charge < -0.3 is 19.5 Å². The van der Waals surface area contributed by atoms with E-state index in [0.29, 0.717) is 34.6 Å². The third kappa shape index (κ3) is 6.11. The van der Waals surface area contributed by atoms with Gasteiger partial charge in [0.05, 0.1) is 31.9 Å². The number of nitrogens with one attached hydrogen (secondary N) is 2. The number of benzene rings is 2. The largest absolute Gasteiger partial charge is 0.497 e. The molecule has 1 aromatic heterocycles. The van der Waals surface area contributed by atoms with Gasteiger partial charge in [0.15, 0.2) is 16.7 Å². The number of thioether (sulfide) groups is 1. The summed E-state index contributed by atoms with van der Waals surface area (Å²) >= 11 is 1.38. The van der Waals surface area contributed by atoms with E-state index in [1.165, 1.54) is 57.6 Å². The Bertz CT molecular complexity index is 1190. The van der Waals surface area contributed by atoms with Gasteiger partial charge in [0.25, 0.3) is 10.0 Å². The molecule has 3 aromatic rings. The lowest BCUT2D eigenvalue weighted by atomic mass is 10.3. The number of nitrogens with zero attached hydrogens (tertiary/aromatic N) is 3. The number of carbonyl (C=O) groups excluding carboxylic acids is 1. The van der Waals surface area contributed by atoms with Gasteiger partial charge in [-0.2, -0.15) is 5.10 Å². The molecule has 2 aromatic carbocycles. The van der Waals surface area contributed by atoms with Crippen LogP contribution in [0.2, 0.25) is 0 Å². The van der Waals surface area contributed by atoms with E-state index in [9.17, 15) is 13.2 Å². The number of hydrogen-bond donors (Lipinski definition) is 2. The summed E-state index contributed by atoms with van der Waals surface area (Å²) in [5.41, 5.74) is 0.307. The van der Waals surface area contributed by atoms with Gasteiger partial charge in [-0.1, -0.05) is 11.8 Å². The lowest BCUT2D eigenvalue weighted by Crippen LogP contribution is -2.41. The number of ether oxygens (including phenoxy) is 3. The van der Waals surface area contributed by atoms with Crippen molar-refractivity contribution in [2.45, 2.75) is 10.1 Å². The van der Waals surface area contributed by atoms with Gasteiger partial charge in [0, 0.05) is 18.4 Å². The second-order valence-electron chi connectivity index (χ2n) is 6.72. The molecule has 0 radical (unpaired) electrons. The number of carbonyl (C=O) groups is 1. The van der Waals surface area contributed by atoms with Gasteiger partial charge >= 0.3 is 0 Å². The van der Waals surface area contributed by atoms with E-state index in [1.54, 1.807) is 24.3 Å². The first-order valence-corrected chi connectivity index (χ1v) is 12.4. The minimum atomic E-state index is -4.12. The van der Waals surface area contributed by atoms with Crippen LogP contribution in [0, 0.1) is 0 Å². The number of amides is 1. The summed E-state index contributed by atoms with van der Waals surface area (Å²) in [6.45, 7) is -0.104. The topological polar surface area (TPSA) is 136 Å². The molecule has 13 heteroatoms. The minimum Gasteiger partial charge on any atom is -0.497 e. The molecule has 0 spiro atoms. The fourth-order valence-electron chi connectivity index (χ4n) is 2.96. The Hall–Kier alpha value is -3.45. The van der Waals surface area contributed by atoms with Gasteiger partial charge in [-0.25, -0.2) is 13.4 Å². The molecule has 0 saturated heterocycles. The Morgan fingerprint density at radius 2 is 1.79 bits per heavy atom. The lowest BCUT2D eigenvalue weighted by Gasteiger charge is -2.24. The van der Waals surface area contributed by atoms with Gasteiger partial charge in [-0.15, -0.1) is 0 Å². The molecule has 0 atom stereocenters. The van der Waals surface area contributed by atoms with Crippen molar-refractivity contribution in [2.75, 3.05) is 44.5 Å². The van der Waals surface area contributed by atoms with Crippen LogP contribution in [0.5, 0.6) is 17.2 Å². The molecular formula is C21H25N5O6S2. The van der Waals surface area contributed by atoms with Crippen molar-refractivity contribution < 1.29 is 27.4 Å². The summed E-state index contributed by atoms with van der Waals surface area (Å²) in [6.07, 6.45) is 1.40. The quantitative estimate of drug-likeness (QED) is 0.278. The van der Waals surface area contributed by atoms with Crippen molar-refractivity contribution in [1.82, 2.24) is 20.5 Å². The van der Waals surface area contributed by atoms with Crippen molar-refractivity contribution in [2.24, 2.45) is 0 Å². The van der Waals surface area contributed by atoms with Crippen molar-refractivity contribution in [3.63, 3.8) is 0 Å². The van der Waals surface area contributed by atoms with Crippen molar-refractivity contribution >= 4 is 33.4 Å². The van der Waals surface area contributed by atoms with Crippen molar-refractivity contribution in [3.05, 3.63) is 48.8 Å². The standard InChI is InChI=1S/C21H25N5O6S2/c1-30-16-6-4-15(5-7-16)26(13-20(27)22-10-11-33-21-23-14-24-25-21)34(28,29)17-8-9-18(31-2)19(12-17)32-3/h4-9,12,14H,10-11,13H2,1-3H3,(H,22,27)(H,23,24,25). The zero-order valence-electron chi connectivity index (χ0n) is 18.8. The summed E-state index contributed by atoms with van der Waals surface area (Å²) in [5.74, 6) is 1.28. The van der Waals surface area contributed by atoms with E-state index < -0.39 is 22.5 Å². The van der Waals surface area contributed by atoms with Crippen LogP contribution in [-0.2, 0) is 14.8 Å². The second kappa shape index (κ2) is 11.6. The number of sulfonamides is 1. The SMILES string of the molecule is COc1ccc(N(CC(=O)NCCSc2ncn[nH]2)S(=O)(=O)c2ccc(OC)c(OC)c2)cc1. The van der Waals surface area contributed by atoms with Crippen LogP contribution < -0.4 is 23.8 Å². The monoisotopic (exact) mass is 507 g/mol. The molecular weight excluding hydrogens is 482 g/mol. The summed E-state index contributed by atoms with van der Waals surface area (Å²) in [6, 6.07) is 10.7. The molecule has 1 amide bonds. The van der Waals surface area contributed by atoms with E-state index in [2.05, 4.69) is 20.5 Å². The third-order valence-electron chi connectivity index (χ3n) is 4.65. The predicted molar refractivity (Wildman–Crippen MR) is 127 cm³/mol. The summed E-state index contributed by atoms with van der Waals surface area (Å²) < 4.78 is 43.8. The van der Waals surface area contributed by atoms with Crippen molar-refractivity contribution in [1.29, 1.82) is 0 Å². The van der Waals surface area contributed by atoms with Crippen LogP contribution >= 0.6 is 11.8 Å². The smallest absolute Gasteiger partial charge is 0.264 e. The van der Waals surface area contributed by atoms with E-state index in [1.807, 2.05) is 0 Å². The fraction of sp³-hybridized carbons (Fsp3) is 0.286. The summed E-state index contributed by atoms with van der Waals surface area (Å²) in [7, 11) is 0.262. The maximum atomic E-state index is 13.6.